The van der Waals surface area contributed by atoms with E-state index in [1.165, 1.54) is 17.7 Å². The van der Waals surface area contributed by atoms with Gasteiger partial charge in [0.05, 0.1) is 12.4 Å². The minimum absolute atomic E-state index is 0.138. The number of nitrogens with zero attached hydrogens (tertiary/aromatic N) is 2. The Hall–Kier alpha value is -2.17. The number of anilines is 1. The van der Waals surface area contributed by atoms with E-state index in [0.717, 1.165) is 28.6 Å². The monoisotopic (exact) mass is 334 g/mol. The van der Waals surface area contributed by atoms with Crippen molar-refractivity contribution in [1.82, 2.24) is 4.90 Å². The van der Waals surface area contributed by atoms with Crippen molar-refractivity contribution in [1.29, 1.82) is 0 Å². The van der Waals surface area contributed by atoms with Crippen molar-refractivity contribution >= 4 is 33.7 Å². The number of likely N-dealkylation sites (tertiary alicyclic amines) is 1. The van der Waals surface area contributed by atoms with E-state index in [1.807, 2.05) is 34.4 Å². The Kier molecular flexibility index (Phi) is 3.21. The topological polar surface area (TPSA) is 23.6 Å². The second-order valence-electron chi connectivity index (χ2n) is 6.54. The number of carbonyl (C=O) groups excluding carboxylic acids is 1. The second-order valence-corrected chi connectivity index (χ2v) is 7.52. The lowest BCUT2D eigenvalue weighted by Crippen LogP contribution is -2.39. The van der Waals surface area contributed by atoms with E-state index in [1.54, 1.807) is 0 Å². The Morgan fingerprint density at radius 2 is 1.96 bits per heavy atom. The van der Waals surface area contributed by atoms with Crippen molar-refractivity contribution in [3.63, 3.8) is 0 Å². The zero-order valence-electron chi connectivity index (χ0n) is 13.3. The first kappa shape index (κ1) is 14.2. The lowest BCUT2D eigenvalue weighted by molar-refractivity contribution is 0.0971. The van der Waals surface area contributed by atoms with Crippen LogP contribution in [-0.2, 0) is 0 Å². The third-order valence-electron chi connectivity index (χ3n) is 5.21. The molecule has 0 saturated carbocycles. The Balaban J connectivity index is 1.50. The van der Waals surface area contributed by atoms with Gasteiger partial charge in [0.25, 0.3) is 5.91 Å². The molecule has 2 aromatic carbocycles. The molecule has 3 nitrogen and oxygen atoms in total. The molecule has 0 radical (unpaired) electrons. The van der Waals surface area contributed by atoms with Gasteiger partial charge in [-0.1, -0.05) is 30.3 Å². The third-order valence-corrected chi connectivity index (χ3v) is 6.18. The maximum atomic E-state index is 13.0. The molecule has 3 aromatic rings. The number of amides is 1. The largest absolute Gasteiger partial charge is 0.294 e. The van der Waals surface area contributed by atoms with Crippen molar-refractivity contribution in [2.45, 2.75) is 18.9 Å². The average Bonchev–Trinajstić information content (AvgIpc) is 3.33. The quantitative estimate of drug-likeness (QED) is 0.696. The van der Waals surface area contributed by atoms with Gasteiger partial charge in [-0.05, 0) is 41.8 Å². The van der Waals surface area contributed by atoms with E-state index in [0.29, 0.717) is 12.7 Å². The van der Waals surface area contributed by atoms with Crippen LogP contribution in [0.15, 0.2) is 53.9 Å². The predicted octanol–water partition coefficient (Wildman–Crippen LogP) is 4.66. The maximum Gasteiger partial charge on any atom is 0.260 e. The van der Waals surface area contributed by atoms with Crippen LogP contribution in [0.5, 0.6) is 0 Å². The molecule has 2 aliphatic heterocycles. The molecule has 0 spiro atoms. The van der Waals surface area contributed by atoms with Gasteiger partial charge in [-0.15, -0.1) is 11.3 Å². The smallest absolute Gasteiger partial charge is 0.260 e. The van der Waals surface area contributed by atoms with Crippen LogP contribution in [0, 0.1) is 0 Å². The molecule has 0 bridgehead atoms. The summed E-state index contributed by atoms with van der Waals surface area (Å²) in [6.07, 6.45) is 2.38. The number of thiophene rings is 1. The summed E-state index contributed by atoms with van der Waals surface area (Å²) in [5, 5.41) is 4.40. The molecule has 5 rings (SSSR count). The van der Waals surface area contributed by atoms with Crippen molar-refractivity contribution in [2.24, 2.45) is 0 Å². The average molecular weight is 334 g/mol. The van der Waals surface area contributed by atoms with Crippen LogP contribution in [0.4, 0.5) is 5.69 Å². The normalized spacial score (nSPS) is 20.4. The Morgan fingerprint density at radius 1 is 1.08 bits per heavy atom. The lowest BCUT2D eigenvalue weighted by atomic mass is 10.1. The molecule has 120 valence electrons. The fourth-order valence-corrected chi connectivity index (χ4v) is 5.00. The summed E-state index contributed by atoms with van der Waals surface area (Å²) < 4.78 is 0. The highest BCUT2D eigenvalue weighted by molar-refractivity contribution is 7.10. The number of hydrogen-bond donors (Lipinski definition) is 0. The molecule has 4 heteroatoms. The molecular formula is C20H18N2OS. The Morgan fingerprint density at radius 3 is 2.79 bits per heavy atom. The molecule has 24 heavy (non-hydrogen) atoms. The van der Waals surface area contributed by atoms with Crippen molar-refractivity contribution < 1.29 is 4.79 Å². The van der Waals surface area contributed by atoms with Gasteiger partial charge in [0.2, 0.25) is 0 Å². The molecule has 1 aromatic heterocycles. The molecule has 1 fully saturated rings. The van der Waals surface area contributed by atoms with Crippen LogP contribution in [-0.4, -0.2) is 24.0 Å². The van der Waals surface area contributed by atoms with Gasteiger partial charge < -0.3 is 0 Å². The summed E-state index contributed by atoms with van der Waals surface area (Å²) in [5.41, 5.74) is 1.90. The standard InChI is InChI=1S/C20H18N2OS/c23-20-15-7-1-5-14-6-2-8-17(19(14)15)22(20)13-21-11-3-9-16(21)18-10-4-12-24-18/h1-2,4-8,10,12,16H,3,9,11,13H2. The summed E-state index contributed by atoms with van der Waals surface area (Å²) in [6, 6.07) is 17.0. The van der Waals surface area contributed by atoms with Crippen LogP contribution in [0.3, 0.4) is 0 Å². The number of carbonyl (C=O) groups is 1. The molecule has 2 aliphatic rings. The number of hydrogen-bond acceptors (Lipinski definition) is 3. The molecule has 1 saturated heterocycles. The zero-order chi connectivity index (χ0) is 16.1. The Bertz CT molecular complexity index is 913. The van der Waals surface area contributed by atoms with Crippen molar-refractivity contribution in [3.8, 4) is 0 Å². The summed E-state index contributed by atoms with van der Waals surface area (Å²) in [4.78, 5) is 18.8. The molecule has 0 aliphatic carbocycles. The van der Waals surface area contributed by atoms with Crippen molar-refractivity contribution in [3.05, 3.63) is 64.4 Å². The highest BCUT2D eigenvalue weighted by Crippen LogP contribution is 2.40. The fraction of sp³-hybridized carbons (Fsp3) is 0.250. The minimum Gasteiger partial charge on any atom is -0.294 e. The van der Waals surface area contributed by atoms with Gasteiger partial charge >= 0.3 is 0 Å². The number of benzene rings is 2. The molecule has 3 heterocycles. The van der Waals surface area contributed by atoms with Crippen LogP contribution < -0.4 is 4.90 Å². The zero-order valence-corrected chi connectivity index (χ0v) is 14.1. The number of rotatable bonds is 3. The van der Waals surface area contributed by atoms with Crippen LogP contribution >= 0.6 is 11.3 Å². The summed E-state index contributed by atoms with van der Waals surface area (Å²) in [7, 11) is 0. The minimum atomic E-state index is 0.138. The van der Waals surface area contributed by atoms with Gasteiger partial charge in [-0.2, -0.15) is 0 Å². The van der Waals surface area contributed by atoms with E-state index in [2.05, 4.69) is 40.6 Å². The highest BCUT2D eigenvalue weighted by atomic mass is 32.1. The first-order chi connectivity index (χ1) is 11.8. The maximum absolute atomic E-state index is 13.0. The van der Waals surface area contributed by atoms with Crippen LogP contribution in [0.25, 0.3) is 10.8 Å². The first-order valence-corrected chi connectivity index (χ1v) is 9.32. The van der Waals surface area contributed by atoms with E-state index in [4.69, 9.17) is 0 Å². The molecular weight excluding hydrogens is 316 g/mol. The second kappa shape index (κ2) is 5.43. The first-order valence-electron chi connectivity index (χ1n) is 8.44. The van der Waals surface area contributed by atoms with Gasteiger partial charge in [0.1, 0.15) is 0 Å². The van der Waals surface area contributed by atoms with E-state index < -0.39 is 0 Å². The van der Waals surface area contributed by atoms with Crippen LogP contribution in [0.2, 0.25) is 0 Å². The van der Waals surface area contributed by atoms with E-state index >= 15 is 0 Å². The van der Waals surface area contributed by atoms with Crippen LogP contribution in [0.1, 0.15) is 34.1 Å². The van der Waals surface area contributed by atoms with E-state index in [-0.39, 0.29) is 5.91 Å². The molecule has 1 amide bonds. The van der Waals surface area contributed by atoms with Gasteiger partial charge in [0, 0.05) is 28.4 Å². The fourth-order valence-electron chi connectivity index (χ4n) is 4.10. The SMILES string of the molecule is O=C1c2cccc3cccc(c23)N1CN1CCCC1c1cccs1. The summed E-state index contributed by atoms with van der Waals surface area (Å²) in [5.74, 6) is 0.138. The van der Waals surface area contributed by atoms with Gasteiger partial charge in [-0.3, -0.25) is 14.6 Å². The summed E-state index contributed by atoms with van der Waals surface area (Å²) in [6.45, 7) is 1.73. The van der Waals surface area contributed by atoms with Gasteiger partial charge in [-0.25, -0.2) is 0 Å². The summed E-state index contributed by atoms with van der Waals surface area (Å²) >= 11 is 1.82. The van der Waals surface area contributed by atoms with Gasteiger partial charge in [0.15, 0.2) is 0 Å². The predicted molar refractivity (Wildman–Crippen MR) is 98.6 cm³/mol. The van der Waals surface area contributed by atoms with E-state index in [9.17, 15) is 4.79 Å². The Labute approximate surface area is 145 Å². The lowest BCUT2D eigenvalue weighted by Gasteiger charge is -2.29. The third kappa shape index (κ3) is 2.03. The highest BCUT2D eigenvalue weighted by Gasteiger charge is 2.34. The molecule has 0 N–H and O–H groups in total. The van der Waals surface area contributed by atoms with Crippen molar-refractivity contribution in [2.75, 3.05) is 18.1 Å². The molecule has 1 unspecified atom stereocenters. The molecule has 1 atom stereocenters.